The molecule has 0 aromatic heterocycles. The van der Waals surface area contributed by atoms with E-state index in [1.54, 1.807) is 0 Å². The number of benzene rings is 1. The molecule has 17 heavy (non-hydrogen) atoms. The van der Waals surface area contributed by atoms with Crippen LogP contribution in [0, 0.1) is 13.8 Å². The van der Waals surface area contributed by atoms with E-state index in [4.69, 9.17) is 10.5 Å². The van der Waals surface area contributed by atoms with Crippen LogP contribution in [0.1, 0.15) is 21.5 Å². The third-order valence-electron chi connectivity index (χ3n) is 2.50. The zero-order valence-corrected chi connectivity index (χ0v) is 10.5. The van der Waals surface area contributed by atoms with Crippen molar-refractivity contribution in [1.82, 2.24) is 5.32 Å². The zero-order chi connectivity index (χ0) is 12.7. The molecule has 0 spiro atoms. The van der Waals surface area contributed by atoms with E-state index < -0.39 is 0 Å². The summed E-state index contributed by atoms with van der Waals surface area (Å²) >= 11 is 0. The quantitative estimate of drug-likeness (QED) is 0.724. The number of nitrogens with two attached hydrogens (primary N) is 1. The summed E-state index contributed by atoms with van der Waals surface area (Å²) in [7, 11) is 0. The van der Waals surface area contributed by atoms with Crippen molar-refractivity contribution in [3.05, 3.63) is 34.9 Å². The van der Waals surface area contributed by atoms with Crippen LogP contribution in [0.5, 0.6) is 0 Å². The van der Waals surface area contributed by atoms with Crippen molar-refractivity contribution >= 4 is 5.91 Å². The summed E-state index contributed by atoms with van der Waals surface area (Å²) in [5.41, 5.74) is 8.03. The summed E-state index contributed by atoms with van der Waals surface area (Å²) in [6, 6.07) is 5.82. The van der Waals surface area contributed by atoms with Crippen LogP contribution in [0.25, 0.3) is 0 Å². The number of carbonyl (C=O) groups excluding carboxylic acids is 1. The molecule has 0 saturated heterocycles. The van der Waals surface area contributed by atoms with Gasteiger partial charge in [-0.15, -0.1) is 0 Å². The number of rotatable bonds is 6. The normalized spacial score (nSPS) is 10.3. The summed E-state index contributed by atoms with van der Waals surface area (Å²) < 4.78 is 5.19. The summed E-state index contributed by atoms with van der Waals surface area (Å²) in [4.78, 5) is 11.9. The number of nitrogens with one attached hydrogen (secondary N) is 1. The highest BCUT2D eigenvalue weighted by Gasteiger charge is 2.10. The second kappa shape index (κ2) is 7.04. The highest BCUT2D eigenvalue weighted by atomic mass is 16.5. The smallest absolute Gasteiger partial charge is 0.251 e. The van der Waals surface area contributed by atoms with E-state index in [2.05, 4.69) is 5.32 Å². The van der Waals surface area contributed by atoms with Gasteiger partial charge in [-0.3, -0.25) is 4.79 Å². The van der Waals surface area contributed by atoms with Gasteiger partial charge in [0.2, 0.25) is 0 Å². The monoisotopic (exact) mass is 236 g/mol. The van der Waals surface area contributed by atoms with Crippen LogP contribution in [0.4, 0.5) is 0 Å². The van der Waals surface area contributed by atoms with Gasteiger partial charge in [0.25, 0.3) is 5.91 Å². The molecule has 3 N–H and O–H groups in total. The number of amides is 1. The van der Waals surface area contributed by atoms with Gasteiger partial charge >= 0.3 is 0 Å². The molecule has 1 rings (SSSR count). The number of aryl methyl sites for hydroxylation is 2. The lowest BCUT2D eigenvalue weighted by Crippen LogP contribution is -2.29. The Morgan fingerprint density at radius 3 is 2.53 bits per heavy atom. The fraction of sp³-hybridized carbons (Fsp3) is 0.462. The molecule has 0 aliphatic carbocycles. The molecule has 0 aliphatic heterocycles. The Morgan fingerprint density at radius 2 is 1.94 bits per heavy atom. The molecule has 0 atom stereocenters. The lowest BCUT2D eigenvalue weighted by Gasteiger charge is -2.10. The Labute approximate surface area is 102 Å². The molecule has 4 nitrogen and oxygen atoms in total. The Kier molecular flexibility index (Phi) is 5.66. The van der Waals surface area contributed by atoms with Crippen LogP contribution in [-0.4, -0.2) is 32.2 Å². The van der Waals surface area contributed by atoms with Crippen molar-refractivity contribution in [3.8, 4) is 0 Å². The lowest BCUT2D eigenvalue weighted by atomic mass is 10.0. The van der Waals surface area contributed by atoms with E-state index in [-0.39, 0.29) is 5.91 Å². The third kappa shape index (κ3) is 4.17. The van der Waals surface area contributed by atoms with Crippen LogP contribution in [0.3, 0.4) is 0 Å². The second-order valence-electron chi connectivity index (χ2n) is 3.92. The Balaban J connectivity index is 2.47. The van der Waals surface area contributed by atoms with Gasteiger partial charge in [-0.05, 0) is 25.0 Å². The van der Waals surface area contributed by atoms with Gasteiger partial charge in [0, 0.05) is 18.7 Å². The molecular weight excluding hydrogens is 216 g/mol. The van der Waals surface area contributed by atoms with Crippen molar-refractivity contribution < 1.29 is 9.53 Å². The average molecular weight is 236 g/mol. The lowest BCUT2D eigenvalue weighted by molar-refractivity contribution is 0.0918. The molecule has 0 heterocycles. The molecule has 0 radical (unpaired) electrons. The first-order chi connectivity index (χ1) is 8.16. The highest BCUT2D eigenvalue weighted by Crippen LogP contribution is 2.12. The summed E-state index contributed by atoms with van der Waals surface area (Å²) in [6.45, 7) is 5.91. The standard InChI is InChI=1S/C13H20N2O2/c1-10-4-3-5-11(2)12(10)13(16)15-7-9-17-8-6-14/h3-5H,6-9,14H2,1-2H3,(H,15,16). The number of ether oxygens (including phenoxy) is 1. The van der Waals surface area contributed by atoms with E-state index in [1.807, 2.05) is 32.0 Å². The molecule has 0 fully saturated rings. The fourth-order valence-electron chi connectivity index (χ4n) is 1.68. The molecule has 94 valence electrons. The van der Waals surface area contributed by atoms with Crippen molar-refractivity contribution in [2.24, 2.45) is 5.73 Å². The van der Waals surface area contributed by atoms with Gasteiger partial charge in [0.15, 0.2) is 0 Å². The number of hydrogen-bond acceptors (Lipinski definition) is 3. The van der Waals surface area contributed by atoms with Gasteiger partial charge in [0.05, 0.1) is 13.2 Å². The van der Waals surface area contributed by atoms with E-state index >= 15 is 0 Å². The van der Waals surface area contributed by atoms with Gasteiger partial charge in [-0.1, -0.05) is 18.2 Å². The molecular formula is C13H20N2O2. The van der Waals surface area contributed by atoms with Gasteiger partial charge in [-0.2, -0.15) is 0 Å². The predicted octanol–water partition coefficient (Wildman–Crippen LogP) is 1.01. The average Bonchev–Trinajstić information content (AvgIpc) is 2.28. The molecule has 0 bridgehead atoms. The van der Waals surface area contributed by atoms with Crippen molar-refractivity contribution in [3.63, 3.8) is 0 Å². The Bertz CT molecular complexity index is 357. The van der Waals surface area contributed by atoms with Gasteiger partial charge in [-0.25, -0.2) is 0 Å². The van der Waals surface area contributed by atoms with E-state index in [9.17, 15) is 4.79 Å². The largest absolute Gasteiger partial charge is 0.378 e. The summed E-state index contributed by atoms with van der Waals surface area (Å²) in [5.74, 6) is -0.0445. The third-order valence-corrected chi connectivity index (χ3v) is 2.50. The fourth-order valence-corrected chi connectivity index (χ4v) is 1.68. The van der Waals surface area contributed by atoms with E-state index in [0.717, 1.165) is 16.7 Å². The van der Waals surface area contributed by atoms with Crippen molar-refractivity contribution in [1.29, 1.82) is 0 Å². The van der Waals surface area contributed by atoms with Crippen LogP contribution >= 0.6 is 0 Å². The zero-order valence-electron chi connectivity index (χ0n) is 10.5. The Hall–Kier alpha value is -1.39. The molecule has 0 saturated carbocycles. The van der Waals surface area contributed by atoms with Crippen molar-refractivity contribution in [2.45, 2.75) is 13.8 Å². The van der Waals surface area contributed by atoms with E-state index in [1.165, 1.54) is 0 Å². The van der Waals surface area contributed by atoms with Crippen LogP contribution in [-0.2, 0) is 4.74 Å². The highest BCUT2D eigenvalue weighted by molar-refractivity contribution is 5.97. The second-order valence-corrected chi connectivity index (χ2v) is 3.92. The topological polar surface area (TPSA) is 64.3 Å². The minimum absolute atomic E-state index is 0.0445. The molecule has 1 amide bonds. The molecule has 1 aromatic carbocycles. The SMILES string of the molecule is Cc1cccc(C)c1C(=O)NCCOCCN. The first-order valence-corrected chi connectivity index (χ1v) is 5.79. The van der Waals surface area contributed by atoms with E-state index in [0.29, 0.717) is 26.3 Å². The van der Waals surface area contributed by atoms with Gasteiger partial charge < -0.3 is 15.8 Å². The predicted molar refractivity (Wildman–Crippen MR) is 68.1 cm³/mol. The maximum absolute atomic E-state index is 11.9. The minimum atomic E-state index is -0.0445. The number of carbonyl (C=O) groups is 1. The molecule has 0 aliphatic rings. The minimum Gasteiger partial charge on any atom is -0.378 e. The first kappa shape index (κ1) is 13.7. The Morgan fingerprint density at radius 1 is 1.29 bits per heavy atom. The molecule has 4 heteroatoms. The summed E-state index contributed by atoms with van der Waals surface area (Å²) in [5, 5.41) is 2.83. The van der Waals surface area contributed by atoms with Gasteiger partial charge in [0.1, 0.15) is 0 Å². The maximum atomic E-state index is 11.9. The van der Waals surface area contributed by atoms with Crippen molar-refractivity contribution in [2.75, 3.05) is 26.3 Å². The van der Waals surface area contributed by atoms with Crippen LogP contribution in [0.15, 0.2) is 18.2 Å². The molecule has 0 unspecified atom stereocenters. The maximum Gasteiger partial charge on any atom is 0.251 e. The van der Waals surface area contributed by atoms with Crippen LogP contribution in [0.2, 0.25) is 0 Å². The number of hydrogen-bond donors (Lipinski definition) is 2. The first-order valence-electron chi connectivity index (χ1n) is 5.79. The summed E-state index contributed by atoms with van der Waals surface area (Å²) in [6.07, 6.45) is 0. The molecule has 1 aromatic rings. The van der Waals surface area contributed by atoms with Crippen LogP contribution < -0.4 is 11.1 Å².